The number of hydrogen-bond acceptors (Lipinski definition) is 2. The molecule has 0 saturated heterocycles. The zero-order valence-corrected chi connectivity index (χ0v) is 9.68. The van der Waals surface area contributed by atoms with E-state index in [1.54, 1.807) is 12.1 Å². The van der Waals surface area contributed by atoms with Crippen molar-refractivity contribution in [2.75, 3.05) is 6.54 Å². The molecule has 1 aliphatic heterocycles. The maximum atomic E-state index is 12.7. The van der Waals surface area contributed by atoms with Crippen LogP contribution in [0.25, 0.3) is 0 Å². The fourth-order valence-corrected chi connectivity index (χ4v) is 1.87. The first-order valence-corrected chi connectivity index (χ1v) is 5.39. The van der Waals surface area contributed by atoms with Gasteiger partial charge < -0.3 is 5.43 Å². The number of allylic oxidation sites excluding steroid dienone is 1. The third-order valence-electron chi connectivity index (χ3n) is 2.69. The van der Waals surface area contributed by atoms with E-state index in [2.05, 4.69) is 5.43 Å². The topological polar surface area (TPSA) is 15.3 Å². The van der Waals surface area contributed by atoms with Crippen LogP contribution in [0.4, 0.5) is 17.6 Å². The summed E-state index contributed by atoms with van der Waals surface area (Å²) in [6, 6.07) is 5.68. The van der Waals surface area contributed by atoms with E-state index in [0.717, 1.165) is 5.56 Å². The van der Waals surface area contributed by atoms with Gasteiger partial charge in [-0.3, -0.25) is 0 Å². The molecule has 1 heterocycles. The second-order valence-corrected chi connectivity index (χ2v) is 4.25. The van der Waals surface area contributed by atoms with Crippen molar-refractivity contribution in [3.63, 3.8) is 0 Å². The van der Waals surface area contributed by atoms with E-state index < -0.39 is 11.9 Å². The molecule has 0 unspecified atom stereocenters. The lowest BCUT2D eigenvalue weighted by Gasteiger charge is -2.19. The van der Waals surface area contributed by atoms with Gasteiger partial charge in [0.2, 0.25) is 0 Å². The maximum Gasteiger partial charge on any atom is 0.432 e. The molecule has 6 heteroatoms. The van der Waals surface area contributed by atoms with E-state index in [0.29, 0.717) is 0 Å². The van der Waals surface area contributed by atoms with Crippen LogP contribution >= 0.6 is 0 Å². The van der Waals surface area contributed by atoms with Gasteiger partial charge in [0.25, 0.3) is 0 Å². The molecule has 0 aliphatic carbocycles. The molecule has 1 aliphatic rings. The second-order valence-electron chi connectivity index (χ2n) is 4.25. The first-order chi connectivity index (χ1) is 8.36. The van der Waals surface area contributed by atoms with Crippen molar-refractivity contribution in [2.45, 2.75) is 19.6 Å². The smallest absolute Gasteiger partial charge is 0.314 e. The number of benzene rings is 1. The van der Waals surface area contributed by atoms with Gasteiger partial charge in [-0.25, -0.2) is 9.40 Å². The van der Waals surface area contributed by atoms with Crippen LogP contribution in [0.5, 0.6) is 0 Å². The SMILES string of the molecule is CC1=C(C(F)(F)F)NN(Cc2ccc(F)cc2)C1. The molecule has 98 valence electrons. The number of hydrogen-bond donors (Lipinski definition) is 1. The zero-order valence-electron chi connectivity index (χ0n) is 9.68. The lowest BCUT2D eigenvalue weighted by Crippen LogP contribution is -2.35. The Bertz CT molecular complexity index is 462. The van der Waals surface area contributed by atoms with Gasteiger partial charge in [0.05, 0.1) is 0 Å². The number of hydrazine groups is 1. The third-order valence-corrected chi connectivity index (χ3v) is 2.69. The van der Waals surface area contributed by atoms with E-state index in [1.165, 1.54) is 24.1 Å². The first-order valence-electron chi connectivity index (χ1n) is 5.39. The van der Waals surface area contributed by atoms with Crippen LogP contribution in [0.15, 0.2) is 35.5 Å². The van der Waals surface area contributed by atoms with Crippen LogP contribution < -0.4 is 5.43 Å². The van der Waals surface area contributed by atoms with Gasteiger partial charge in [-0.15, -0.1) is 0 Å². The average Bonchev–Trinajstić information content (AvgIpc) is 2.63. The lowest BCUT2D eigenvalue weighted by atomic mass is 10.2. The Morgan fingerprint density at radius 3 is 2.33 bits per heavy atom. The summed E-state index contributed by atoms with van der Waals surface area (Å²) >= 11 is 0. The fourth-order valence-electron chi connectivity index (χ4n) is 1.87. The highest BCUT2D eigenvalue weighted by atomic mass is 19.4. The summed E-state index contributed by atoms with van der Waals surface area (Å²) in [5, 5.41) is 1.45. The molecule has 18 heavy (non-hydrogen) atoms. The zero-order chi connectivity index (χ0) is 13.3. The van der Waals surface area contributed by atoms with Crippen molar-refractivity contribution in [2.24, 2.45) is 0 Å². The summed E-state index contributed by atoms with van der Waals surface area (Å²) in [6.45, 7) is 1.93. The third kappa shape index (κ3) is 2.81. The molecule has 2 nitrogen and oxygen atoms in total. The monoisotopic (exact) mass is 260 g/mol. The Morgan fingerprint density at radius 1 is 1.22 bits per heavy atom. The summed E-state index contributed by atoms with van der Waals surface area (Å²) < 4.78 is 50.4. The molecule has 1 aromatic carbocycles. The molecule has 0 spiro atoms. The molecule has 0 radical (unpaired) electrons. The largest absolute Gasteiger partial charge is 0.432 e. The maximum absolute atomic E-state index is 12.7. The number of nitrogens with one attached hydrogen (secondary N) is 1. The van der Waals surface area contributed by atoms with E-state index in [-0.39, 0.29) is 24.5 Å². The number of rotatable bonds is 2. The second kappa shape index (κ2) is 4.61. The minimum atomic E-state index is -4.36. The van der Waals surface area contributed by atoms with E-state index in [1.807, 2.05) is 0 Å². The van der Waals surface area contributed by atoms with Gasteiger partial charge in [-0.05, 0) is 30.2 Å². The first kappa shape index (κ1) is 12.9. The normalized spacial score (nSPS) is 17.2. The average molecular weight is 260 g/mol. The number of alkyl halides is 3. The van der Waals surface area contributed by atoms with Crippen LogP contribution in [0.1, 0.15) is 12.5 Å². The van der Waals surface area contributed by atoms with E-state index in [9.17, 15) is 17.6 Å². The highest BCUT2D eigenvalue weighted by Crippen LogP contribution is 2.30. The van der Waals surface area contributed by atoms with Gasteiger partial charge in [-0.2, -0.15) is 13.2 Å². The van der Waals surface area contributed by atoms with Gasteiger partial charge in [0.15, 0.2) is 0 Å². The van der Waals surface area contributed by atoms with E-state index in [4.69, 9.17) is 0 Å². The Hall–Kier alpha value is -1.56. The van der Waals surface area contributed by atoms with Gasteiger partial charge in [0, 0.05) is 13.1 Å². The van der Waals surface area contributed by atoms with Crippen LogP contribution in [-0.2, 0) is 6.54 Å². The minimum absolute atomic E-state index is 0.201. The van der Waals surface area contributed by atoms with E-state index >= 15 is 0 Å². The Kier molecular flexibility index (Phi) is 3.30. The summed E-state index contributed by atoms with van der Waals surface area (Å²) in [5.74, 6) is -0.363. The highest BCUT2D eigenvalue weighted by molar-refractivity contribution is 5.22. The fraction of sp³-hybridized carbons (Fsp3) is 0.333. The quantitative estimate of drug-likeness (QED) is 0.822. The molecule has 0 saturated carbocycles. The summed E-state index contributed by atoms with van der Waals surface area (Å²) in [4.78, 5) is 0. The highest BCUT2D eigenvalue weighted by Gasteiger charge is 2.39. The van der Waals surface area contributed by atoms with Crippen molar-refractivity contribution in [1.82, 2.24) is 10.4 Å². The van der Waals surface area contributed by atoms with Gasteiger partial charge >= 0.3 is 6.18 Å². The number of nitrogens with zero attached hydrogens (tertiary/aromatic N) is 1. The van der Waals surface area contributed by atoms with Crippen LogP contribution in [0.3, 0.4) is 0 Å². The van der Waals surface area contributed by atoms with Crippen LogP contribution in [0.2, 0.25) is 0 Å². The molecule has 0 aromatic heterocycles. The van der Waals surface area contributed by atoms with Crippen molar-refractivity contribution >= 4 is 0 Å². The predicted molar refractivity (Wildman–Crippen MR) is 58.7 cm³/mol. The minimum Gasteiger partial charge on any atom is -0.314 e. The van der Waals surface area contributed by atoms with Crippen LogP contribution in [0, 0.1) is 5.82 Å². The molecule has 1 aromatic rings. The van der Waals surface area contributed by atoms with Gasteiger partial charge in [0.1, 0.15) is 11.5 Å². The molecule has 0 amide bonds. The van der Waals surface area contributed by atoms with Gasteiger partial charge in [-0.1, -0.05) is 12.1 Å². The van der Waals surface area contributed by atoms with Crippen molar-refractivity contribution in [3.05, 3.63) is 46.9 Å². The molecule has 2 rings (SSSR count). The molecule has 0 bridgehead atoms. The van der Waals surface area contributed by atoms with Crippen LogP contribution in [-0.4, -0.2) is 17.7 Å². The Labute approximate surface area is 102 Å². The Morgan fingerprint density at radius 2 is 1.83 bits per heavy atom. The van der Waals surface area contributed by atoms with Crippen molar-refractivity contribution in [3.8, 4) is 0 Å². The van der Waals surface area contributed by atoms with Crippen molar-refractivity contribution in [1.29, 1.82) is 0 Å². The summed E-state index contributed by atoms with van der Waals surface area (Å²) in [6.07, 6.45) is -4.36. The molecular weight excluding hydrogens is 248 g/mol. The van der Waals surface area contributed by atoms with Crippen molar-refractivity contribution < 1.29 is 17.6 Å². The molecule has 0 atom stereocenters. The molecule has 1 N–H and O–H groups in total. The lowest BCUT2D eigenvalue weighted by molar-refractivity contribution is -0.101. The summed E-state index contributed by atoms with van der Waals surface area (Å²) in [5.41, 5.74) is 2.64. The molecular formula is C12H12F4N2. The Balaban J connectivity index is 2.02. The summed E-state index contributed by atoms with van der Waals surface area (Å²) in [7, 11) is 0. The standard InChI is InChI=1S/C12H12F4N2/c1-8-6-18(17-11(8)12(14,15)16)7-9-2-4-10(13)5-3-9/h2-5,17H,6-7H2,1H3. The number of halogens is 4. The predicted octanol–water partition coefficient (Wildman–Crippen LogP) is 2.98. The molecule has 0 fully saturated rings.